The monoisotopic (exact) mass is 126 g/mol. The van der Waals surface area contributed by atoms with E-state index in [4.69, 9.17) is 10.2 Å². The maximum atomic E-state index is 8.06. The van der Waals surface area contributed by atoms with Crippen molar-refractivity contribution < 1.29 is 10.2 Å². The summed E-state index contributed by atoms with van der Waals surface area (Å²) in [7, 11) is 0. The van der Waals surface area contributed by atoms with Crippen LogP contribution in [0.4, 0.5) is 0 Å². The second kappa shape index (κ2) is 10.1. The van der Waals surface area contributed by atoms with Crippen LogP contribution in [0.5, 0.6) is 0 Å². The summed E-state index contributed by atoms with van der Waals surface area (Å²) >= 11 is 0. The summed E-state index contributed by atoms with van der Waals surface area (Å²) in [5.74, 6) is 9.24. The van der Waals surface area contributed by atoms with Crippen molar-refractivity contribution in [1.29, 1.82) is 0 Å². The Bertz CT molecular complexity index is 131. The number of hydrogen-bond donors (Lipinski definition) is 2. The minimum atomic E-state index is -0.180. The van der Waals surface area contributed by atoms with Crippen LogP contribution in [-0.2, 0) is 0 Å². The predicted octanol–water partition coefficient (Wildman–Crippen LogP) is -0.386. The van der Waals surface area contributed by atoms with Crippen LogP contribution >= 0.6 is 0 Å². The van der Waals surface area contributed by atoms with Crippen LogP contribution in [0.3, 0.4) is 0 Å². The first-order chi connectivity index (χ1) is 3.91. The second-order valence-electron chi connectivity index (χ2n) is 0.920. The third-order valence-electron chi connectivity index (χ3n) is 0.397. The van der Waals surface area contributed by atoms with Crippen LogP contribution in [0.15, 0.2) is 0 Å². The molecule has 0 amide bonds. The van der Waals surface area contributed by atoms with Gasteiger partial charge in [-0.05, 0) is 11.8 Å². The van der Waals surface area contributed by atoms with Crippen LogP contribution in [0.1, 0.15) is 7.43 Å². The lowest BCUT2D eigenvalue weighted by Gasteiger charge is -1.64. The Hall–Kier alpha value is -0.960. The zero-order valence-electron chi connectivity index (χ0n) is 4.31. The van der Waals surface area contributed by atoms with Gasteiger partial charge in [-0.2, -0.15) is 0 Å². The fourth-order valence-corrected chi connectivity index (χ4v) is 0.167. The van der Waals surface area contributed by atoms with Crippen LogP contribution < -0.4 is 0 Å². The smallest absolute Gasteiger partial charge is 0.105 e. The number of aliphatic hydroxyl groups is 2. The Labute approximate surface area is 55.5 Å². The molecule has 0 aliphatic rings. The molecule has 0 aliphatic heterocycles. The Morgan fingerprint density at radius 3 is 1.44 bits per heavy atom. The zero-order chi connectivity index (χ0) is 6.24. The summed E-state index contributed by atoms with van der Waals surface area (Å²) in [6.45, 7) is -0.361. The first kappa shape index (κ1) is 10.9. The number of rotatable bonds is 0. The minimum absolute atomic E-state index is 0. The van der Waals surface area contributed by atoms with Crippen LogP contribution in [0.25, 0.3) is 0 Å². The molecule has 0 aromatic rings. The molecule has 0 aliphatic carbocycles. The van der Waals surface area contributed by atoms with Gasteiger partial charge >= 0.3 is 0 Å². The van der Waals surface area contributed by atoms with Gasteiger partial charge < -0.3 is 10.2 Å². The molecule has 0 aromatic carbocycles. The molecule has 9 heavy (non-hydrogen) atoms. The molecule has 2 N–H and O–H groups in total. The van der Waals surface area contributed by atoms with Gasteiger partial charge in [-0.1, -0.05) is 19.3 Å². The highest BCUT2D eigenvalue weighted by Crippen LogP contribution is 1.52. The molecule has 0 bridgehead atoms. The summed E-state index contributed by atoms with van der Waals surface area (Å²) in [6.07, 6.45) is 0. The van der Waals surface area contributed by atoms with Crippen molar-refractivity contribution in [2.24, 2.45) is 0 Å². The summed E-state index contributed by atoms with van der Waals surface area (Å²) < 4.78 is 0. The molecule has 2 heteroatoms. The maximum absolute atomic E-state index is 8.06. The highest BCUT2D eigenvalue weighted by atomic mass is 16.3. The van der Waals surface area contributed by atoms with E-state index in [0.29, 0.717) is 0 Å². The molecule has 0 atom stereocenters. The highest BCUT2D eigenvalue weighted by molar-refractivity contribution is 5.25. The van der Waals surface area contributed by atoms with Gasteiger partial charge in [0.2, 0.25) is 0 Å². The maximum Gasteiger partial charge on any atom is 0.105 e. The molecule has 0 saturated carbocycles. The summed E-state index contributed by atoms with van der Waals surface area (Å²) in [4.78, 5) is 0. The van der Waals surface area contributed by atoms with E-state index < -0.39 is 0 Å². The van der Waals surface area contributed by atoms with Gasteiger partial charge in [0.1, 0.15) is 13.2 Å². The molecule has 2 nitrogen and oxygen atoms in total. The standard InChI is InChI=1S/C6H6O2.CH4/c7-5-3-1-2-4-6-8;/h7-8H,5-6H2;1H4. The van der Waals surface area contributed by atoms with E-state index in [1.54, 1.807) is 0 Å². The van der Waals surface area contributed by atoms with Gasteiger partial charge in [-0.3, -0.25) is 0 Å². The van der Waals surface area contributed by atoms with Gasteiger partial charge in [-0.25, -0.2) is 0 Å². The van der Waals surface area contributed by atoms with Crippen molar-refractivity contribution in [1.82, 2.24) is 0 Å². The topological polar surface area (TPSA) is 40.5 Å². The Morgan fingerprint density at radius 1 is 0.889 bits per heavy atom. The summed E-state index contributed by atoms with van der Waals surface area (Å²) in [5, 5.41) is 16.1. The largest absolute Gasteiger partial charge is 0.384 e. The van der Waals surface area contributed by atoms with Crippen molar-refractivity contribution in [2.45, 2.75) is 7.43 Å². The summed E-state index contributed by atoms with van der Waals surface area (Å²) in [5.41, 5.74) is 0. The van der Waals surface area contributed by atoms with Gasteiger partial charge in [0.05, 0.1) is 0 Å². The molecule has 50 valence electrons. The predicted molar refractivity (Wildman–Crippen MR) is 36.5 cm³/mol. The van der Waals surface area contributed by atoms with Crippen molar-refractivity contribution in [3.05, 3.63) is 0 Å². The lowest BCUT2D eigenvalue weighted by molar-refractivity contribution is 0.350. The van der Waals surface area contributed by atoms with Gasteiger partial charge in [0.15, 0.2) is 0 Å². The Kier molecular flexibility index (Phi) is 12.3. The molecule has 0 rings (SSSR count). The molecule has 0 spiro atoms. The second-order valence-corrected chi connectivity index (χ2v) is 0.920. The number of aliphatic hydroxyl groups excluding tert-OH is 2. The third-order valence-corrected chi connectivity index (χ3v) is 0.397. The van der Waals surface area contributed by atoms with E-state index in [1.807, 2.05) is 0 Å². The first-order valence-electron chi connectivity index (χ1n) is 2.09. The van der Waals surface area contributed by atoms with Crippen molar-refractivity contribution >= 4 is 0 Å². The van der Waals surface area contributed by atoms with Crippen molar-refractivity contribution in [2.75, 3.05) is 13.2 Å². The van der Waals surface area contributed by atoms with Crippen LogP contribution in [-0.4, -0.2) is 23.4 Å². The molecule has 0 radical (unpaired) electrons. The van der Waals surface area contributed by atoms with E-state index in [0.717, 1.165) is 0 Å². The molecule has 0 fully saturated rings. The Balaban J connectivity index is 0. The van der Waals surface area contributed by atoms with E-state index in [9.17, 15) is 0 Å². The normalized spacial score (nSPS) is 5.11. The first-order valence-corrected chi connectivity index (χ1v) is 2.09. The van der Waals surface area contributed by atoms with E-state index in [-0.39, 0.29) is 20.6 Å². The number of hydrogen-bond acceptors (Lipinski definition) is 2. The Morgan fingerprint density at radius 2 is 1.22 bits per heavy atom. The average Bonchev–Trinajstić information content (AvgIpc) is 1.81. The fourth-order valence-electron chi connectivity index (χ4n) is 0.167. The SMILES string of the molecule is C.OCC#CC#CCO. The van der Waals surface area contributed by atoms with Crippen molar-refractivity contribution in [3.63, 3.8) is 0 Å². The van der Waals surface area contributed by atoms with E-state index in [2.05, 4.69) is 23.7 Å². The van der Waals surface area contributed by atoms with Gasteiger partial charge in [0, 0.05) is 0 Å². The fraction of sp³-hybridized carbons (Fsp3) is 0.429. The minimum Gasteiger partial charge on any atom is -0.384 e. The third kappa shape index (κ3) is 11.0. The average molecular weight is 126 g/mol. The zero-order valence-corrected chi connectivity index (χ0v) is 4.31. The highest BCUT2D eigenvalue weighted by Gasteiger charge is 1.57. The van der Waals surface area contributed by atoms with E-state index >= 15 is 0 Å². The molecule has 0 heterocycles. The van der Waals surface area contributed by atoms with Crippen LogP contribution in [0.2, 0.25) is 0 Å². The molecular formula is C7H10O2. The quantitative estimate of drug-likeness (QED) is 0.434. The van der Waals surface area contributed by atoms with E-state index in [1.165, 1.54) is 0 Å². The lowest BCUT2D eigenvalue weighted by Crippen LogP contribution is -1.71. The van der Waals surface area contributed by atoms with Gasteiger partial charge in [0.25, 0.3) is 0 Å². The van der Waals surface area contributed by atoms with Crippen LogP contribution in [0, 0.1) is 23.7 Å². The summed E-state index contributed by atoms with van der Waals surface area (Å²) in [6, 6.07) is 0. The molecule has 0 saturated heterocycles. The van der Waals surface area contributed by atoms with Crippen molar-refractivity contribution in [3.8, 4) is 23.7 Å². The lowest BCUT2D eigenvalue weighted by atomic mass is 10.5. The molecule has 0 aromatic heterocycles. The molecule has 0 unspecified atom stereocenters. The molecular weight excluding hydrogens is 116 g/mol. The van der Waals surface area contributed by atoms with Gasteiger partial charge in [-0.15, -0.1) is 0 Å².